The average molecular weight is 276 g/mol. The van der Waals surface area contributed by atoms with E-state index >= 15 is 0 Å². The molecule has 2 atom stereocenters. The number of carbonyl (C=O) groups is 2. The van der Waals surface area contributed by atoms with Crippen LogP contribution in [-0.4, -0.2) is 57.7 Å². The Labute approximate surface area is 109 Å². The van der Waals surface area contributed by atoms with Gasteiger partial charge >= 0.3 is 12.0 Å². The molecule has 2 aliphatic heterocycles. The standard InChI is InChI=1S/C10H16N2O3S2/c13-9(14)8-5-17-6-12(8)10(15)11-3-7-1-2-16-4-7/h7-8H,1-6H2,(H,11,15)(H,13,14)/t7?,8-/m0/s1. The van der Waals surface area contributed by atoms with E-state index in [2.05, 4.69) is 5.32 Å². The Morgan fingerprint density at radius 3 is 2.82 bits per heavy atom. The van der Waals surface area contributed by atoms with Gasteiger partial charge in [-0.25, -0.2) is 9.59 Å². The van der Waals surface area contributed by atoms with Crippen LogP contribution in [0.25, 0.3) is 0 Å². The predicted octanol–water partition coefficient (Wildman–Crippen LogP) is 0.909. The number of nitrogens with zero attached hydrogens (tertiary/aromatic N) is 1. The third kappa shape index (κ3) is 3.22. The molecule has 7 heteroatoms. The second-order valence-electron chi connectivity index (χ2n) is 4.24. The number of thioether (sulfide) groups is 2. The molecule has 0 spiro atoms. The first-order valence-corrected chi connectivity index (χ1v) is 7.92. The van der Waals surface area contributed by atoms with Crippen molar-refractivity contribution in [1.82, 2.24) is 10.2 Å². The van der Waals surface area contributed by atoms with Crippen LogP contribution in [0.3, 0.4) is 0 Å². The van der Waals surface area contributed by atoms with Gasteiger partial charge in [0.1, 0.15) is 6.04 Å². The fourth-order valence-corrected chi connectivity index (χ4v) is 4.35. The minimum absolute atomic E-state index is 0.237. The second kappa shape index (κ2) is 5.86. The summed E-state index contributed by atoms with van der Waals surface area (Å²) in [6.45, 7) is 0.666. The lowest BCUT2D eigenvalue weighted by molar-refractivity contribution is -0.140. The van der Waals surface area contributed by atoms with Crippen molar-refractivity contribution in [3.63, 3.8) is 0 Å². The molecule has 2 amide bonds. The van der Waals surface area contributed by atoms with Gasteiger partial charge in [0, 0.05) is 12.3 Å². The van der Waals surface area contributed by atoms with Crippen LogP contribution < -0.4 is 5.32 Å². The summed E-state index contributed by atoms with van der Waals surface area (Å²) >= 11 is 3.39. The van der Waals surface area contributed by atoms with Crippen LogP contribution in [0, 0.1) is 5.92 Å². The number of nitrogens with one attached hydrogen (secondary N) is 1. The Balaban J connectivity index is 1.80. The van der Waals surface area contributed by atoms with E-state index in [-0.39, 0.29) is 6.03 Å². The van der Waals surface area contributed by atoms with Crippen molar-refractivity contribution in [2.75, 3.05) is 29.7 Å². The summed E-state index contributed by atoms with van der Waals surface area (Å²) in [6.07, 6.45) is 1.14. The van der Waals surface area contributed by atoms with Crippen LogP contribution in [-0.2, 0) is 4.79 Å². The highest BCUT2D eigenvalue weighted by atomic mass is 32.2. The van der Waals surface area contributed by atoms with Crippen molar-refractivity contribution in [2.45, 2.75) is 12.5 Å². The SMILES string of the molecule is O=C(O)[C@@H]1CSCN1C(=O)NCC1CCSC1. The zero-order valence-corrected chi connectivity index (χ0v) is 11.1. The van der Waals surface area contributed by atoms with Crippen LogP contribution >= 0.6 is 23.5 Å². The van der Waals surface area contributed by atoms with E-state index in [1.54, 1.807) is 0 Å². The molecular formula is C10H16N2O3S2. The van der Waals surface area contributed by atoms with Gasteiger partial charge in [-0.3, -0.25) is 0 Å². The molecule has 96 valence electrons. The van der Waals surface area contributed by atoms with Gasteiger partial charge in [-0.1, -0.05) is 0 Å². The molecular weight excluding hydrogens is 260 g/mol. The first-order valence-electron chi connectivity index (χ1n) is 5.61. The Hall–Kier alpha value is -0.560. The van der Waals surface area contributed by atoms with Crippen LogP contribution in [0.5, 0.6) is 0 Å². The fourth-order valence-electron chi connectivity index (χ4n) is 1.92. The number of carboxylic acid groups (broad SMARTS) is 1. The van der Waals surface area contributed by atoms with Crippen LogP contribution in [0.4, 0.5) is 4.79 Å². The van der Waals surface area contributed by atoms with E-state index in [0.717, 1.165) is 17.9 Å². The van der Waals surface area contributed by atoms with Gasteiger partial charge in [0.25, 0.3) is 0 Å². The molecule has 0 bridgehead atoms. The molecule has 17 heavy (non-hydrogen) atoms. The summed E-state index contributed by atoms with van der Waals surface area (Å²) in [7, 11) is 0. The molecule has 5 nitrogen and oxygen atoms in total. The normalized spacial score (nSPS) is 28.4. The number of amides is 2. The number of hydrogen-bond acceptors (Lipinski definition) is 4. The van der Waals surface area contributed by atoms with E-state index in [1.165, 1.54) is 16.7 Å². The Morgan fingerprint density at radius 1 is 1.35 bits per heavy atom. The monoisotopic (exact) mass is 276 g/mol. The predicted molar refractivity (Wildman–Crippen MR) is 69.4 cm³/mol. The van der Waals surface area contributed by atoms with E-state index < -0.39 is 12.0 Å². The largest absolute Gasteiger partial charge is 0.480 e. The third-order valence-corrected chi connectivity index (χ3v) is 5.24. The van der Waals surface area contributed by atoms with Gasteiger partial charge in [0.05, 0.1) is 5.88 Å². The van der Waals surface area contributed by atoms with Crippen molar-refractivity contribution in [3.8, 4) is 0 Å². The van der Waals surface area contributed by atoms with Gasteiger partial charge in [-0.05, 0) is 23.8 Å². The van der Waals surface area contributed by atoms with Gasteiger partial charge in [0.2, 0.25) is 0 Å². The maximum Gasteiger partial charge on any atom is 0.327 e. The highest BCUT2D eigenvalue weighted by Gasteiger charge is 2.34. The fraction of sp³-hybridized carbons (Fsp3) is 0.800. The second-order valence-corrected chi connectivity index (χ2v) is 6.39. The zero-order valence-electron chi connectivity index (χ0n) is 9.42. The Bertz CT molecular complexity index is 308. The maximum absolute atomic E-state index is 11.8. The number of hydrogen-bond donors (Lipinski definition) is 2. The summed E-state index contributed by atoms with van der Waals surface area (Å²) in [5.74, 6) is 2.85. The number of urea groups is 1. The van der Waals surface area contributed by atoms with Gasteiger partial charge in [-0.2, -0.15) is 11.8 Å². The highest BCUT2D eigenvalue weighted by molar-refractivity contribution is 7.99. The van der Waals surface area contributed by atoms with Crippen molar-refractivity contribution < 1.29 is 14.7 Å². The zero-order chi connectivity index (χ0) is 12.3. The first-order chi connectivity index (χ1) is 8.18. The number of carboxylic acids is 1. The van der Waals surface area contributed by atoms with Crippen molar-refractivity contribution in [3.05, 3.63) is 0 Å². The van der Waals surface area contributed by atoms with E-state index in [1.807, 2.05) is 11.8 Å². The Morgan fingerprint density at radius 2 is 2.18 bits per heavy atom. The van der Waals surface area contributed by atoms with Crippen molar-refractivity contribution in [1.29, 1.82) is 0 Å². The summed E-state index contributed by atoms with van der Waals surface area (Å²) in [6, 6.07) is -0.905. The van der Waals surface area contributed by atoms with E-state index in [0.29, 0.717) is 24.1 Å². The quantitative estimate of drug-likeness (QED) is 0.802. The van der Waals surface area contributed by atoms with Gasteiger partial charge in [0.15, 0.2) is 0 Å². The molecule has 0 radical (unpaired) electrons. The summed E-state index contributed by atoms with van der Waals surface area (Å²) in [5.41, 5.74) is 0. The first kappa shape index (κ1) is 12.9. The number of aliphatic carboxylic acids is 1. The summed E-state index contributed by atoms with van der Waals surface area (Å²) in [4.78, 5) is 24.2. The highest BCUT2D eigenvalue weighted by Crippen LogP contribution is 2.23. The third-order valence-electron chi connectivity index (χ3n) is 2.99. The molecule has 0 aromatic rings. The van der Waals surface area contributed by atoms with Gasteiger partial charge in [-0.15, -0.1) is 11.8 Å². The molecule has 2 N–H and O–H groups in total. The van der Waals surface area contributed by atoms with Gasteiger partial charge < -0.3 is 15.3 Å². The molecule has 2 saturated heterocycles. The van der Waals surface area contributed by atoms with E-state index in [4.69, 9.17) is 5.11 Å². The summed E-state index contributed by atoms with van der Waals surface area (Å²) < 4.78 is 0. The summed E-state index contributed by atoms with van der Waals surface area (Å²) in [5, 5.41) is 11.8. The van der Waals surface area contributed by atoms with E-state index in [9.17, 15) is 9.59 Å². The molecule has 0 saturated carbocycles. The number of rotatable bonds is 3. The average Bonchev–Trinajstić information content (AvgIpc) is 2.96. The maximum atomic E-state index is 11.8. The molecule has 2 heterocycles. The molecule has 0 aliphatic carbocycles. The molecule has 2 fully saturated rings. The lowest BCUT2D eigenvalue weighted by Gasteiger charge is -2.21. The lowest BCUT2D eigenvalue weighted by Crippen LogP contribution is -2.47. The van der Waals surface area contributed by atoms with Crippen molar-refractivity contribution in [2.24, 2.45) is 5.92 Å². The lowest BCUT2D eigenvalue weighted by atomic mass is 10.1. The van der Waals surface area contributed by atoms with Crippen molar-refractivity contribution >= 4 is 35.5 Å². The van der Waals surface area contributed by atoms with Crippen LogP contribution in [0.15, 0.2) is 0 Å². The molecule has 0 aromatic carbocycles. The molecule has 2 rings (SSSR count). The Kier molecular flexibility index (Phi) is 4.44. The molecule has 0 aromatic heterocycles. The smallest absolute Gasteiger partial charge is 0.327 e. The molecule has 2 aliphatic rings. The minimum Gasteiger partial charge on any atom is -0.480 e. The minimum atomic E-state index is -0.915. The van der Waals surface area contributed by atoms with Crippen LogP contribution in [0.1, 0.15) is 6.42 Å². The van der Waals surface area contributed by atoms with Crippen LogP contribution in [0.2, 0.25) is 0 Å². The molecule has 1 unspecified atom stereocenters. The number of carbonyl (C=O) groups excluding carboxylic acids is 1. The topological polar surface area (TPSA) is 69.6 Å².